The van der Waals surface area contributed by atoms with E-state index >= 15 is 0 Å². The van der Waals surface area contributed by atoms with Crippen molar-refractivity contribution in [2.24, 2.45) is 4.99 Å². The highest BCUT2D eigenvalue weighted by atomic mass is 16.5. The summed E-state index contributed by atoms with van der Waals surface area (Å²) >= 11 is 0. The van der Waals surface area contributed by atoms with E-state index in [4.69, 9.17) is 4.74 Å². The molecule has 0 saturated carbocycles. The van der Waals surface area contributed by atoms with Crippen molar-refractivity contribution in [3.63, 3.8) is 0 Å². The van der Waals surface area contributed by atoms with Crippen LogP contribution in [0.5, 0.6) is 5.75 Å². The van der Waals surface area contributed by atoms with Gasteiger partial charge in [-0.3, -0.25) is 4.79 Å². The molecule has 1 atom stereocenters. The van der Waals surface area contributed by atoms with Crippen LogP contribution in [-0.2, 0) is 11.3 Å². The van der Waals surface area contributed by atoms with E-state index in [-0.39, 0.29) is 18.5 Å². The Bertz CT molecular complexity index is 540. The van der Waals surface area contributed by atoms with Crippen LogP contribution < -0.4 is 10.1 Å². The summed E-state index contributed by atoms with van der Waals surface area (Å²) in [7, 11) is 7.10. The Labute approximate surface area is 145 Å². The standard InChI is InChI=1S/C18H30N4O2/c1-7-14(2)20-18(19-12-17(23)21(3)4)22(5)13-15-8-10-16(24-6)11-9-15/h8-11,14H,7,12-13H2,1-6H3,(H,19,20). The van der Waals surface area contributed by atoms with Gasteiger partial charge < -0.3 is 19.9 Å². The lowest BCUT2D eigenvalue weighted by atomic mass is 10.2. The number of nitrogens with zero attached hydrogens (tertiary/aromatic N) is 3. The number of carbonyl (C=O) groups excluding carboxylic acids is 1. The van der Waals surface area contributed by atoms with Crippen LogP contribution in [0.1, 0.15) is 25.8 Å². The van der Waals surface area contributed by atoms with Crippen LogP contribution in [0.15, 0.2) is 29.3 Å². The van der Waals surface area contributed by atoms with Crippen LogP contribution >= 0.6 is 0 Å². The van der Waals surface area contributed by atoms with E-state index in [2.05, 4.69) is 24.2 Å². The van der Waals surface area contributed by atoms with Gasteiger partial charge in [0, 0.05) is 33.7 Å². The number of likely N-dealkylation sites (N-methyl/N-ethyl adjacent to an activating group) is 1. The summed E-state index contributed by atoms with van der Waals surface area (Å²) < 4.78 is 5.18. The van der Waals surface area contributed by atoms with Crippen LogP contribution in [0, 0.1) is 0 Å². The molecule has 0 saturated heterocycles. The van der Waals surface area contributed by atoms with Gasteiger partial charge in [0.2, 0.25) is 5.91 Å². The predicted molar refractivity (Wildman–Crippen MR) is 98.3 cm³/mol. The van der Waals surface area contributed by atoms with Gasteiger partial charge in [0.25, 0.3) is 0 Å². The van der Waals surface area contributed by atoms with Gasteiger partial charge in [-0.05, 0) is 31.0 Å². The van der Waals surface area contributed by atoms with E-state index in [9.17, 15) is 4.79 Å². The van der Waals surface area contributed by atoms with E-state index < -0.39 is 0 Å². The van der Waals surface area contributed by atoms with Gasteiger partial charge >= 0.3 is 0 Å². The summed E-state index contributed by atoms with van der Waals surface area (Å²) in [5.41, 5.74) is 1.15. The zero-order valence-electron chi connectivity index (χ0n) is 15.7. The van der Waals surface area contributed by atoms with Gasteiger partial charge in [0.05, 0.1) is 7.11 Å². The first-order valence-corrected chi connectivity index (χ1v) is 8.22. The first-order valence-electron chi connectivity index (χ1n) is 8.22. The number of aliphatic imine (C=N–C) groups is 1. The molecule has 0 aliphatic rings. The predicted octanol–water partition coefficient (Wildman–Crippen LogP) is 1.96. The summed E-state index contributed by atoms with van der Waals surface area (Å²) in [4.78, 5) is 19.9. The molecular weight excluding hydrogens is 304 g/mol. The van der Waals surface area contributed by atoms with Gasteiger partial charge in [-0.15, -0.1) is 0 Å². The van der Waals surface area contributed by atoms with Gasteiger partial charge in [-0.25, -0.2) is 4.99 Å². The zero-order valence-corrected chi connectivity index (χ0v) is 15.7. The van der Waals surface area contributed by atoms with Gasteiger partial charge in [0.1, 0.15) is 12.3 Å². The highest BCUT2D eigenvalue weighted by Gasteiger charge is 2.12. The topological polar surface area (TPSA) is 57.2 Å². The highest BCUT2D eigenvalue weighted by molar-refractivity contribution is 5.84. The molecule has 0 fully saturated rings. The van der Waals surface area contributed by atoms with Crippen LogP contribution in [0.4, 0.5) is 0 Å². The lowest BCUT2D eigenvalue weighted by Crippen LogP contribution is -2.43. The Kier molecular flexibility index (Phi) is 8.09. The Hall–Kier alpha value is -2.24. The second-order valence-corrected chi connectivity index (χ2v) is 6.09. The number of carbonyl (C=O) groups is 1. The molecule has 0 aliphatic carbocycles. The van der Waals surface area contributed by atoms with Crippen LogP contribution in [0.25, 0.3) is 0 Å². The SMILES string of the molecule is CCC(C)NC(=NCC(=O)N(C)C)N(C)Cc1ccc(OC)cc1. The van der Waals surface area contributed by atoms with Crippen LogP contribution in [0.2, 0.25) is 0 Å². The molecule has 0 aliphatic heterocycles. The minimum absolute atomic E-state index is 0.0173. The van der Waals surface area contributed by atoms with Crippen molar-refractivity contribution in [3.8, 4) is 5.75 Å². The molecule has 0 bridgehead atoms. The number of amides is 1. The van der Waals surface area contributed by atoms with Crippen molar-refractivity contribution in [2.75, 3.05) is 34.8 Å². The second-order valence-electron chi connectivity index (χ2n) is 6.09. The fourth-order valence-electron chi connectivity index (χ4n) is 1.96. The first kappa shape index (κ1) is 19.8. The molecule has 0 spiro atoms. The fourth-order valence-corrected chi connectivity index (χ4v) is 1.96. The number of methoxy groups -OCH3 is 1. The number of guanidine groups is 1. The van der Waals surface area contributed by atoms with E-state index in [0.717, 1.165) is 23.7 Å². The maximum absolute atomic E-state index is 11.8. The normalized spacial score (nSPS) is 12.5. The molecule has 24 heavy (non-hydrogen) atoms. The molecule has 0 aromatic heterocycles. The summed E-state index contributed by atoms with van der Waals surface area (Å²) in [6.07, 6.45) is 0.983. The highest BCUT2D eigenvalue weighted by Crippen LogP contribution is 2.12. The summed E-state index contributed by atoms with van der Waals surface area (Å²) in [6, 6.07) is 8.23. The lowest BCUT2D eigenvalue weighted by molar-refractivity contribution is -0.127. The molecule has 6 nitrogen and oxygen atoms in total. The largest absolute Gasteiger partial charge is 0.497 e. The molecule has 1 rings (SSSR count). The fraction of sp³-hybridized carbons (Fsp3) is 0.556. The number of ether oxygens (including phenoxy) is 1. The third kappa shape index (κ3) is 6.48. The van der Waals surface area contributed by atoms with Crippen molar-refractivity contribution in [3.05, 3.63) is 29.8 Å². The first-order chi connectivity index (χ1) is 11.4. The van der Waals surface area contributed by atoms with Gasteiger partial charge in [-0.1, -0.05) is 19.1 Å². The Morgan fingerprint density at radius 3 is 2.38 bits per heavy atom. The van der Waals surface area contributed by atoms with Crippen LogP contribution in [0.3, 0.4) is 0 Å². The number of nitrogens with one attached hydrogen (secondary N) is 1. The van der Waals surface area contributed by atoms with Crippen LogP contribution in [-0.4, -0.2) is 62.5 Å². The molecule has 1 unspecified atom stereocenters. The second kappa shape index (κ2) is 9.80. The van der Waals surface area contributed by atoms with Crippen molar-refractivity contribution in [1.29, 1.82) is 0 Å². The molecule has 0 heterocycles. The van der Waals surface area contributed by atoms with Gasteiger partial charge in [-0.2, -0.15) is 0 Å². The third-order valence-electron chi connectivity index (χ3n) is 3.79. The van der Waals surface area contributed by atoms with E-state index in [1.165, 1.54) is 0 Å². The molecular formula is C18H30N4O2. The minimum Gasteiger partial charge on any atom is -0.497 e. The smallest absolute Gasteiger partial charge is 0.243 e. The van der Waals surface area contributed by atoms with Crippen molar-refractivity contribution in [2.45, 2.75) is 32.9 Å². The molecule has 134 valence electrons. The van der Waals surface area contributed by atoms with Crippen molar-refractivity contribution >= 4 is 11.9 Å². The zero-order chi connectivity index (χ0) is 18.1. The van der Waals surface area contributed by atoms with E-state index in [1.807, 2.05) is 36.2 Å². The Morgan fingerprint density at radius 2 is 1.88 bits per heavy atom. The number of benzene rings is 1. The molecule has 0 radical (unpaired) electrons. The molecule has 6 heteroatoms. The molecule has 1 aromatic rings. The summed E-state index contributed by atoms with van der Waals surface area (Å²) in [6.45, 7) is 5.05. The number of hydrogen-bond acceptors (Lipinski definition) is 3. The quantitative estimate of drug-likeness (QED) is 0.612. The van der Waals surface area contributed by atoms with Crippen molar-refractivity contribution < 1.29 is 9.53 Å². The Morgan fingerprint density at radius 1 is 1.25 bits per heavy atom. The Balaban J connectivity index is 2.82. The maximum Gasteiger partial charge on any atom is 0.243 e. The minimum atomic E-state index is -0.0173. The third-order valence-corrected chi connectivity index (χ3v) is 3.79. The van der Waals surface area contributed by atoms with E-state index in [1.54, 1.807) is 26.1 Å². The average Bonchev–Trinajstić information content (AvgIpc) is 2.58. The van der Waals surface area contributed by atoms with E-state index in [0.29, 0.717) is 6.54 Å². The lowest BCUT2D eigenvalue weighted by Gasteiger charge is -2.25. The summed E-state index contributed by atoms with van der Waals surface area (Å²) in [5, 5.41) is 3.38. The molecule has 1 N–H and O–H groups in total. The average molecular weight is 334 g/mol. The number of hydrogen-bond donors (Lipinski definition) is 1. The monoisotopic (exact) mass is 334 g/mol. The summed E-state index contributed by atoms with van der Waals surface area (Å²) in [5.74, 6) is 1.55. The van der Waals surface area contributed by atoms with Gasteiger partial charge in [0.15, 0.2) is 5.96 Å². The number of rotatable bonds is 7. The van der Waals surface area contributed by atoms with Crippen molar-refractivity contribution in [1.82, 2.24) is 15.1 Å². The molecule has 1 amide bonds. The molecule has 1 aromatic carbocycles. The maximum atomic E-state index is 11.8.